The number of H-pyrrole nitrogens is 1. The molecule has 0 saturated heterocycles. The number of nitrogens with one attached hydrogen (secondary N) is 2. The van der Waals surface area contributed by atoms with E-state index >= 15 is 0 Å². The van der Waals surface area contributed by atoms with E-state index in [9.17, 15) is 4.79 Å². The lowest BCUT2D eigenvalue weighted by Crippen LogP contribution is -2.30. The van der Waals surface area contributed by atoms with Crippen LogP contribution >= 0.6 is 35.0 Å². The molecule has 0 aliphatic rings. The standard InChI is InChI=1S/C13H14Cl2N4O2S/c1-3-22-13-17-12(18-19-13)16-11(20)7(2)21-10-5-4-8(14)6-9(10)15/h4-7H,3H2,1-2H3,(H2,16,17,18,19,20). The molecular formula is C13H14Cl2N4O2S. The van der Waals surface area contributed by atoms with Gasteiger partial charge in [0.25, 0.3) is 5.91 Å². The van der Waals surface area contributed by atoms with E-state index in [1.807, 2.05) is 6.92 Å². The number of rotatable bonds is 6. The Morgan fingerprint density at radius 3 is 2.95 bits per heavy atom. The lowest BCUT2D eigenvalue weighted by Gasteiger charge is -2.14. The Labute approximate surface area is 141 Å². The third-order valence-electron chi connectivity index (χ3n) is 2.55. The van der Waals surface area contributed by atoms with Crippen LogP contribution in [0.5, 0.6) is 5.75 Å². The number of ether oxygens (including phenoxy) is 1. The SMILES string of the molecule is CCSc1n[nH]c(NC(=O)C(C)Oc2ccc(Cl)cc2Cl)n1. The Balaban J connectivity index is 1.96. The van der Waals surface area contributed by atoms with Crippen molar-refractivity contribution in [3.8, 4) is 5.75 Å². The minimum absolute atomic E-state index is 0.276. The summed E-state index contributed by atoms with van der Waals surface area (Å²) in [6, 6.07) is 4.80. The molecule has 0 bridgehead atoms. The number of nitrogens with zero attached hydrogens (tertiary/aromatic N) is 2. The van der Waals surface area contributed by atoms with Gasteiger partial charge >= 0.3 is 0 Å². The number of anilines is 1. The third-order valence-corrected chi connectivity index (χ3v) is 3.81. The molecule has 0 saturated carbocycles. The minimum atomic E-state index is -0.758. The fraction of sp³-hybridized carbons (Fsp3) is 0.308. The van der Waals surface area contributed by atoms with Crippen molar-refractivity contribution >= 4 is 46.8 Å². The van der Waals surface area contributed by atoms with Gasteiger partial charge < -0.3 is 4.74 Å². The molecule has 2 rings (SSSR count). The molecule has 118 valence electrons. The van der Waals surface area contributed by atoms with Crippen LogP contribution in [0.3, 0.4) is 0 Å². The number of benzene rings is 1. The molecule has 1 aromatic heterocycles. The molecule has 2 aromatic rings. The van der Waals surface area contributed by atoms with Gasteiger partial charge in [0, 0.05) is 5.02 Å². The second-order valence-electron chi connectivity index (χ2n) is 4.22. The monoisotopic (exact) mass is 360 g/mol. The molecule has 0 fully saturated rings. The van der Waals surface area contributed by atoms with Gasteiger partial charge in [0.1, 0.15) is 5.75 Å². The van der Waals surface area contributed by atoms with Crippen molar-refractivity contribution < 1.29 is 9.53 Å². The van der Waals surface area contributed by atoms with Crippen LogP contribution in [0.4, 0.5) is 5.95 Å². The minimum Gasteiger partial charge on any atom is -0.479 e. The van der Waals surface area contributed by atoms with Crippen molar-refractivity contribution in [2.45, 2.75) is 25.1 Å². The van der Waals surface area contributed by atoms with Gasteiger partial charge in [-0.1, -0.05) is 41.9 Å². The molecule has 0 spiro atoms. The van der Waals surface area contributed by atoms with Crippen molar-refractivity contribution in [3.05, 3.63) is 28.2 Å². The Bertz CT molecular complexity index is 665. The Hall–Kier alpha value is -1.44. The van der Waals surface area contributed by atoms with E-state index in [-0.39, 0.29) is 11.9 Å². The summed E-state index contributed by atoms with van der Waals surface area (Å²) in [7, 11) is 0. The first-order valence-corrected chi connectivity index (χ1v) is 8.21. The van der Waals surface area contributed by atoms with E-state index in [4.69, 9.17) is 27.9 Å². The average molecular weight is 361 g/mol. The van der Waals surface area contributed by atoms with E-state index in [1.54, 1.807) is 25.1 Å². The largest absolute Gasteiger partial charge is 0.479 e. The number of thioether (sulfide) groups is 1. The van der Waals surface area contributed by atoms with E-state index in [0.717, 1.165) is 5.75 Å². The zero-order chi connectivity index (χ0) is 16.1. The van der Waals surface area contributed by atoms with Crippen LogP contribution < -0.4 is 10.1 Å². The van der Waals surface area contributed by atoms with Gasteiger partial charge in [-0.2, -0.15) is 4.98 Å². The predicted molar refractivity (Wildman–Crippen MR) is 88.0 cm³/mol. The van der Waals surface area contributed by atoms with Crippen molar-refractivity contribution in [2.24, 2.45) is 0 Å². The lowest BCUT2D eigenvalue weighted by atomic mass is 10.3. The van der Waals surface area contributed by atoms with E-state index < -0.39 is 6.10 Å². The molecule has 22 heavy (non-hydrogen) atoms. The van der Waals surface area contributed by atoms with Crippen LogP contribution in [-0.4, -0.2) is 32.9 Å². The van der Waals surface area contributed by atoms with Gasteiger partial charge in [0.15, 0.2) is 6.10 Å². The maximum atomic E-state index is 12.1. The Morgan fingerprint density at radius 2 is 2.27 bits per heavy atom. The fourth-order valence-corrected chi connectivity index (χ4v) is 2.51. The second kappa shape index (κ2) is 7.71. The summed E-state index contributed by atoms with van der Waals surface area (Å²) < 4.78 is 5.52. The van der Waals surface area contributed by atoms with Crippen LogP contribution in [0.25, 0.3) is 0 Å². The van der Waals surface area contributed by atoms with Gasteiger partial charge in [0.2, 0.25) is 11.1 Å². The second-order valence-corrected chi connectivity index (χ2v) is 6.30. The number of hydrogen-bond donors (Lipinski definition) is 2. The number of hydrogen-bond acceptors (Lipinski definition) is 5. The smallest absolute Gasteiger partial charge is 0.267 e. The lowest BCUT2D eigenvalue weighted by molar-refractivity contribution is -0.122. The van der Waals surface area contributed by atoms with Crippen molar-refractivity contribution in [1.29, 1.82) is 0 Å². The van der Waals surface area contributed by atoms with Crippen LogP contribution in [0.1, 0.15) is 13.8 Å². The molecule has 1 amide bonds. The van der Waals surface area contributed by atoms with Gasteiger partial charge in [-0.3, -0.25) is 10.1 Å². The fourth-order valence-electron chi connectivity index (χ4n) is 1.53. The summed E-state index contributed by atoms with van der Waals surface area (Å²) in [5, 5.41) is 10.6. The normalized spacial score (nSPS) is 12.0. The first-order chi connectivity index (χ1) is 10.5. The number of amides is 1. The topological polar surface area (TPSA) is 79.9 Å². The number of carbonyl (C=O) groups is 1. The Morgan fingerprint density at radius 1 is 1.50 bits per heavy atom. The molecule has 9 heteroatoms. The Kier molecular flexibility index (Phi) is 5.93. The first-order valence-electron chi connectivity index (χ1n) is 6.47. The highest BCUT2D eigenvalue weighted by atomic mass is 35.5. The van der Waals surface area contributed by atoms with Crippen molar-refractivity contribution in [3.63, 3.8) is 0 Å². The van der Waals surface area contributed by atoms with E-state index in [1.165, 1.54) is 11.8 Å². The molecule has 6 nitrogen and oxygen atoms in total. The van der Waals surface area contributed by atoms with Gasteiger partial charge in [-0.05, 0) is 30.9 Å². The number of aromatic amines is 1. The molecule has 0 aliphatic heterocycles. The molecule has 0 aliphatic carbocycles. The van der Waals surface area contributed by atoms with E-state index in [0.29, 0.717) is 21.0 Å². The zero-order valence-corrected chi connectivity index (χ0v) is 14.2. The van der Waals surface area contributed by atoms with E-state index in [2.05, 4.69) is 20.5 Å². The maximum Gasteiger partial charge on any atom is 0.267 e. The molecule has 1 aromatic carbocycles. The third kappa shape index (κ3) is 4.53. The molecule has 2 N–H and O–H groups in total. The molecular weight excluding hydrogens is 347 g/mol. The number of halogens is 2. The summed E-state index contributed by atoms with van der Waals surface area (Å²) in [6.07, 6.45) is -0.758. The maximum absolute atomic E-state index is 12.1. The highest BCUT2D eigenvalue weighted by Crippen LogP contribution is 2.28. The van der Waals surface area contributed by atoms with Crippen molar-refractivity contribution in [2.75, 3.05) is 11.1 Å². The summed E-state index contributed by atoms with van der Waals surface area (Å²) in [5.74, 6) is 1.14. The highest BCUT2D eigenvalue weighted by Gasteiger charge is 2.18. The molecule has 1 heterocycles. The average Bonchev–Trinajstić information content (AvgIpc) is 2.89. The quantitative estimate of drug-likeness (QED) is 0.768. The summed E-state index contributed by atoms with van der Waals surface area (Å²) in [6.45, 7) is 3.60. The first kappa shape index (κ1) is 16.9. The van der Waals surface area contributed by atoms with Crippen LogP contribution in [-0.2, 0) is 4.79 Å². The van der Waals surface area contributed by atoms with Gasteiger partial charge in [0.05, 0.1) is 5.02 Å². The van der Waals surface area contributed by atoms with Crippen LogP contribution in [0.15, 0.2) is 23.4 Å². The number of carbonyl (C=O) groups excluding carboxylic acids is 1. The molecule has 0 radical (unpaired) electrons. The van der Waals surface area contributed by atoms with Gasteiger partial charge in [-0.25, -0.2) is 5.10 Å². The molecule has 1 unspecified atom stereocenters. The summed E-state index contributed by atoms with van der Waals surface area (Å²) in [4.78, 5) is 16.2. The summed E-state index contributed by atoms with van der Waals surface area (Å²) in [5.41, 5.74) is 0. The van der Waals surface area contributed by atoms with Crippen LogP contribution in [0.2, 0.25) is 10.0 Å². The molecule has 1 atom stereocenters. The predicted octanol–water partition coefficient (Wildman–Crippen LogP) is 3.63. The van der Waals surface area contributed by atoms with Crippen LogP contribution in [0, 0.1) is 0 Å². The van der Waals surface area contributed by atoms with Gasteiger partial charge in [-0.15, -0.1) is 5.10 Å². The summed E-state index contributed by atoms with van der Waals surface area (Å²) >= 11 is 13.3. The van der Waals surface area contributed by atoms with Crippen molar-refractivity contribution in [1.82, 2.24) is 15.2 Å². The number of aromatic nitrogens is 3. The highest BCUT2D eigenvalue weighted by molar-refractivity contribution is 7.99. The zero-order valence-electron chi connectivity index (χ0n) is 11.9.